The lowest BCUT2D eigenvalue weighted by atomic mass is 10.0. The molecule has 4 nitrogen and oxygen atoms in total. The molecule has 1 aliphatic heterocycles. The zero-order valence-electron chi connectivity index (χ0n) is 12.2. The van der Waals surface area contributed by atoms with E-state index in [9.17, 15) is 8.42 Å². The topological polar surface area (TPSA) is 58.2 Å². The summed E-state index contributed by atoms with van der Waals surface area (Å²) >= 11 is 12.3. The number of nitrogens with one attached hydrogen (secondary N) is 2. The zero-order chi connectivity index (χ0) is 15.6. The first-order valence-electron chi connectivity index (χ1n) is 6.98. The molecule has 0 bridgehead atoms. The summed E-state index contributed by atoms with van der Waals surface area (Å²) in [5.74, 6) is 0.313. The van der Waals surface area contributed by atoms with E-state index in [1.807, 2.05) is 0 Å². The van der Waals surface area contributed by atoms with Crippen molar-refractivity contribution in [3.8, 4) is 0 Å². The molecule has 0 radical (unpaired) electrons. The molecule has 2 N–H and O–H groups in total. The lowest BCUT2D eigenvalue weighted by Gasteiger charge is -2.23. The Bertz CT molecular complexity index is 600. The molecule has 0 spiro atoms. The zero-order valence-corrected chi connectivity index (χ0v) is 14.5. The second-order valence-corrected chi connectivity index (χ2v) is 8.00. The van der Waals surface area contributed by atoms with Crippen molar-refractivity contribution in [1.82, 2.24) is 10.0 Å². The standard InChI is InChI=1S/C14H20Cl2N2O2S/c1-9-6-12(15)10(2)14(13(9)16)21(19,20)18-8-11-4-3-5-17-7-11/h6,11,17-18H,3-5,7-8H2,1-2H3. The predicted octanol–water partition coefficient (Wildman–Crippen LogP) is 2.89. The van der Waals surface area contributed by atoms with Gasteiger partial charge in [-0.1, -0.05) is 23.2 Å². The summed E-state index contributed by atoms with van der Waals surface area (Å²) in [6, 6.07) is 1.68. The van der Waals surface area contributed by atoms with Crippen molar-refractivity contribution in [2.75, 3.05) is 19.6 Å². The lowest BCUT2D eigenvalue weighted by molar-refractivity contribution is 0.376. The number of piperidine rings is 1. The molecule has 0 amide bonds. The van der Waals surface area contributed by atoms with Gasteiger partial charge < -0.3 is 5.32 Å². The van der Waals surface area contributed by atoms with E-state index in [0.717, 1.165) is 25.9 Å². The Balaban J connectivity index is 2.23. The molecule has 1 unspecified atom stereocenters. The Morgan fingerprint density at radius 1 is 1.38 bits per heavy atom. The summed E-state index contributed by atoms with van der Waals surface area (Å²) in [6.45, 7) is 5.67. The van der Waals surface area contributed by atoms with Crippen LogP contribution in [-0.2, 0) is 10.0 Å². The minimum Gasteiger partial charge on any atom is -0.316 e. The van der Waals surface area contributed by atoms with Crippen LogP contribution in [0.4, 0.5) is 0 Å². The Morgan fingerprint density at radius 3 is 2.71 bits per heavy atom. The van der Waals surface area contributed by atoms with Crippen LogP contribution in [0.15, 0.2) is 11.0 Å². The Morgan fingerprint density at radius 2 is 2.10 bits per heavy atom. The van der Waals surface area contributed by atoms with E-state index in [1.165, 1.54) is 0 Å². The van der Waals surface area contributed by atoms with Gasteiger partial charge in [0.1, 0.15) is 4.90 Å². The molecule has 1 aliphatic rings. The van der Waals surface area contributed by atoms with Crippen LogP contribution in [0.2, 0.25) is 10.0 Å². The number of sulfonamides is 1. The summed E-state index contributed by atoms with van der Waals surface area (Å²) < 4.78 is 27.8. The minimum atomic E-state index is -3.66. The molecule has 1 aromatic rings. The van der Waals surface area contributed by atoms with Crippen LogP contribution in [0, 0.1) is 19.8 Å². The first kappa shape index (κ1) is 17.0. The fourth-order valence-electron chi connectivity index (χ4n) is 2.53. The van der Waals surface area contributed by atoms with Crippen LogP contribution in [0.5, 0.6) is 0 Å². The van der Waals surface area contributed by atoms with Crippen molar-refractivity contribution in [2.24, 2.45) is 5.92 Å². The maximum atomic E-state index is 12.5. The van der Waals surface area contributed by atoms with Gasteiger partial charge in [-0.25, -0.2) is 13.1 Å². The number of halogens is 2. The van der Waals surface area contributed by atoms with Crippen molar-refractivity contribution >= 4 is 33.2 Å². The second-order valence-electron chi connectivity index (χ2n) is 5.51. The van der Waals surface area contributed by atoms with E-state index in [0.29, 0.717) is 28.6 Å². The third-order valence-corrected chi connectivity index (χ3v) is 6.40. The molecule has 1 saturated heterocycles. The lowest BCUT2D eigenvalue weighted by Crippen LogP contribution is -2.38. The molecule has 118 valence electrons. The van der Waals surface area contributed by atoms with Gasteiger partial charge in [0.05, 0.1) is 5.02 Å². The molecule has 2 rings (SSSR count). The molecule has 0 aliphatic carbocycles. The summed E-state index contributed by atoms with van der Waals surface area (Å²) in [5, 5.41) is 3.93. The SMILES string of the molecule is Cc1cc(Cl)c(C)c(S(=O)(=O)NCC2CCCNC2)c1Cl. The fraction of sp³-hybridized carbons (Fsp3) is 0.571. The fourth-order valence-corrected chi connectivity index (χ4v) is 4.86. The number of hydrogen-bond donors (Lipinski definition) is 2. The number of benzene rings is 1. The van der Waals surface area contributed by atoms with E-state index in [2.05, 4.69) is 10.0 Å². The highest BCUT2D eigenvalue weighted by Crippen LogP contribution is 2.33. The predicted molar refractivity (Wildman–Crippen MR) is 86.7 cm³/mol. The van der Waals surface area contributed by atoms with Crippen LogP contribution in [-0.4, -0.2) is 28.1 Å². The van der Waals surface area contributed by atoms with Gasteiger partial charge in [0.15, 0.2) is 0 Å². The van der Waals surface area contributed by atoms with Crippen LogP contribution in [0.1, 0.15) is 24.0 Å². The molecule has 0 aromatic heterocycles. The highest BCUT2D eigenvalue weighted by Gasteiger charge is 2.25. The average molecular weight is 351 g/mol. The molecular formula is C14H20Cl2N2O2S. The number of aryl methyl sites for hydroxylation is 1. The highest BCUT2D eigenvalue weighted by molar-refractivity contribution is 7.89. The average Bonchev–Trinajstić information content (AvgIpc) is 2.44. The Hall–Kier alpha value is -0.330. The molecule has 21 heavy (non-hydrogen) atoms. The molecular weight excluding hydrogens is 331 g/mol. The maximum absolute atomic E-state index is 12.5. The molecule has 1 aromatic carbocycles. The van der Waals surface area contributed by atoms with Gasteiger partial charge in [-0.05, 0) is 62.9 Å². The summed E-state index contributed by atoms with van der Waals surface area (Å²) in [5.41, 5.74) is 1.15. The van der Waals surface area contributed by atoms with Gasteiger partial charge in [-0.2, -0.15) is 0 Å². The van der Waals surface area contributed by atoms with Crippen molar-refractivity contribution in [3.05, 3.63) is 27.2 Å². The van der Waals surface area contributed by atoms with E-state index in [4.69, 9.17) is 23.2 Å². The van der Waals surface area contributed by atoms with Crippen molar-refractivity contribution in [1.29, 1.82) is 0 Å². The van der Waals surface area contributed by atoms with Crippen molar-refractivity contribution in [3.63, 3.8) is 0 Å². The van der Waals surface area contributed by atoms with Crippen LogP contribution in [0.3, 0.4) is 0 Å². The van der Waals surface area contributed by atoms with Gasteiger partial charge in [0.2, 0.25) is 10.0 Å². The van der Waals surface area contributed by atoms with E-state index >= 15 is 0 Å². The molecule has 1 fully saturated rings. The van der Waals surface area contributed by atoms with Crippen LogP contribution < -0.4 is 10.0 Å². The maximum Gasteiger partial charge on any atom is 0.242 e. The second kappa shape index (κ2) is 6.84. The third-order valence-electron chi connectivity index (χ3n) is 3.82. The summed E-state index contributed by atoms with van der Waals surface area (Å²) in [6.07, 6.45) is 2.10. The minimum absolute atomic E-state index is 0.0953. The Labute approximate surface area is 136 Å². The van der Waals surface area contributed by atoms with Gasteiger partial charge >= 0.3 is 0 Å². The normalized spacial score (nSPS) is 19.7. The molecule has 1 heterocycles. The smallest absolute Gasteiger partial charge is 0.242 e. The summed E-state index contributed by atoms with van der Waals surface area (Å²) in [7, 11) is -3.66. The molecule has 7 heteroatoms. The van der Waals surface area contributed by atoms with E-state index in [1.54, 1.807) is 19.9 Å². The van der Waals surface area contributed by atoms with E-state index in [-0.39, 0.29) is 9.92 Å². The van der Waals surface area contributed by atoms with Gasteiger partial charge in [0, 0.05) is 11.6 Å². The quantitative estimate of drug-likeness (QED) is 0.877. The molecule has 1 atom stereocenters. The van der Waals surface area contributed by atoms with Crippen LogP contribution >= 0.6 is 23.2 Å². The van der Waals surface area contributed by atoms with Crippen LogP contribution in [0.25, 0.3) is 0 Å². The monoisotopic (exact) mass is 350 g/mol. The number of hydrogen-bond acceptors (Lipinski definition) is 3. The van der Waals surface area contributed by atoms with Crippen molar-refractivity contribution < 1.29 is 8.42 Å². The Kier molecular flexibility index (Phi) is 5.54. The third kappa shape index (κ3) is 3.90. The van der Waals surface area contributed by atoms with Gasteiger partial charge in [-0.15, -0.1) is 0 Å². The number of rotatable bonds is 4. The van der Waals surface area contributed by atoms with E-state index < -0.39 is 10.0 Å². The van der Waals surface area contributed by atoms with Crippen molar-refractivity contribution in [2.45, 2.75) is 31.6 Å². The first-order valence-corrected chi connectivity index (χ1v) is 9.22. The van der Waals surface area contributed by atoms with Gasteiger partial charge in [0.25, 0.3) is 0 Å². The molecule has 0 saturated carbocycles. The summed E-state index contributed by atoms with van der Waals surface area (Å²) in [4.78, 5) is 0.0953. The first-order chi connectivity index (χ1) is 9.83. The van der Waals surface area contributed by atoms with Gasteiger partial charge in [-0.3, -0.25) is 0 Å². The largest absolute Gasteiger partial charge is 0.316 e. The highest BCUT2D eigenvalue weighted by atomic mass is 35.5.